The molecule has 1 aliphatic carbocycles. The molecule has 3 rings (SSSR count). The van der Waals surface area contributed by atoms with Crippen molar-refractivity contribution in [3.05, 3.63) is 30.1 Å². The minimum absolute atomic E-state index is 0.148. The Morgan fingerprint density at radius 1 is 1.35 bits per heavy atom. The Hall–Kier alpha value is -2.41. The molecular formula is C16H20N4O3. The summed E-state index contributed by atoms with van der Waals surface area (Å²) in [5, 5.41) is 14.9. The molecule has 2 amide bonds. The molecule has 7 nitrogen and oxygen atoms in total. The molecule has 1 heterocycles. The van der Waals surface area contributed by atoms with Gasteiger partial charge in [-0.1, -0.05) is 12.8 Å². The molecule has 1 aromatic carbocycles. The molecule has 1 fully saturated rings. The van der Waals surface area contributed by atoms with Crippen LogP contribution in [0.15, 0.2) is 24.5 Å². The normalized spacial score (nSPS) is 16.4. The van der Waals surface area contributed by atoms with Crippen molar-refractivity contribution < 1.29 is 14.7 Å². The lowest BCUT2D eigenvalue weighted by Crippen LogP contribution is -2.51. The number of carbonyl (C=O) groups is 2. The predicted octanol–water partition coefficient (Wildman–Crippen LogP) is 0.712. The third-order valence-electron chi connectivity index (χ3n) is 4.19. The highest BCUT2D eigenvalue weighted by Crippen LogP contribution is 2.17. The van der Waals surface area contributed by atoms with E-state index in [4.69, 9.17) is 0 Å². The molecule has 1 aliphatic rings. The second-order valence-electron chi connectivity index (χ2n) is 5.83. The molecule has 1 saturated carbocycles. The number of H-pyrrole nitrogens is 1. The molecule has 122 valence electrons. The van der Waals surface area contributed by atoms with E-state index in [0.29, 0.717) is 5.56 Å². The van der Waals surface area contributed by atoms with Crippen molar-refractivity contribution in [3.63, 3.8) is 0 Å². The second-order valence-corrected chi connectivity index (χ2v) is 5.83. The van der Waals surface area contributed by atoms with Crippen LogP contribution < -0.4 is 10.6 Å². The van der Waals surface area contributed by atoms with Gasteiger partial charge in [-0.25, -0.2) is 4.98 Å². The topological polar surface area (TPSA) is 107 Å². The molecule has 23 heavy (non-hydrogen) atoms. The van der Waals surface area contributed by atoms with Crippen LogP contribution >= 0.6 is 0 Å². The van der Waals surface area contributed by atoms with Gasteiger partial charge in [0.1, 0.15) is 6.04 Å². The number of aromatic amines is 1. The molecule has 2 aromatic rings. The first-order valence-electron chi connectivity index (χ1n) is 7.82. The maximum atomic E-state index is 12.3. The number of nitrogens with zero attached hydrogens (tertiary/aromatic N) is 1. The highest BCUT2D eigenvalue weighted by molar-refractivity contribution is 5.99. The van der Waals surface area contributed by atoms with Gasteiger partial charge < -0.3 is 20.7 Å². The van der Waals surface area contributed by atoms with Crippen molar-refractivity contribution in [3.8, 4) is 0 Å². The fraction of sp³-hybridized carbons (Fsp3) is 0.438. The minimum atomic E-state index is -0.944. The monoisotopic (exact) mass is 316 g/mol. The number of hydrogen-bond acceptors (Lipinski definition) is 4. The van der Waals surface area contributed by atoms with Gasteiger partial charge in [0.25, 0.3) is 5.91 Å². The summed E-state index contributed by atoms with van der Waals surface area (Å²) < 4.78 is 0. The van der Waals surface area contributed by atoms with Crippen LogP contribution in [0.4, 0.5) is 0 Å². The van der Waals surface area contributed by atoms with E-state index >= 15 is 0 Å². The number of benzene rings is 1. The van der Waals surface area contributed by atoms with Crippen LogP contribution in [0.3, 0.4) is 0 Å². The van der Waals surface area contributed by atoms with Crippen LogP contribution in [0, 0.1) is 0 Å². The summed E-state index contributed by atoms with van der Waals surface area (Å²) in [6.07, 6.45) is 5.66. The Kier molecular flexibility index (Phi) is 4.57. The van der Waals surface area contributed by atoms with E-state index in [0.717, 1.165) is 36.7 Å². The maximum absolute atomic E-state index is 12.3. The number of aliphatic hydroxyl groups excluding tert-OH is 1. The number of aromatic nitrogens is 2. The van der Waals surface area contributed by atoms with Gasteiger partial charge in [0.05, 0.1) is 24.0 Å². The molecule has 0 saturated heterocycles. The van der Waals surface area contributed by atoms with E-state index in [-0.39, 0.29) is 11.9 Å². The van der Waals surface area contributed by atoms with Gasteiger partial charge in [0.2, 0.25) is 5.91 Å². The van der Waals surface area contributed by atoms with E-state index in [1.807, 2.05) is 0 Å². The number of amides is 2. The first kappa shape index (κ1) is 15.5. The largest absolute Gasteiger partial charge is 0.394 e. The summed E-state index contributed by atoms with van der Waals surface area (Å²) in [5.41, 5.74) is 1.92. The van der Waals surface area contributed by atoms with Gasteiger partial charge in [0.15, 0.2) is 0 Å². The van der Waals surface area contributed by atoms with Gasteiger partial charge in [-0.3, -0.25) is 9.59 Å². The smallest absolute Gasteiger partial charge is 0.252 e. The van der Waals surface area contributed by atoms with Crippen molar-refractivity contribution in [2.75, 3.05) is 6.61 Å². The quantitative estimate of drug-likeness (QED) is 0.651. The highest BCUT2D eigenvalue weighted by atomic mass is 16.3. The summed E-state index contributed by atoms with van der Waals surface area (Å²) in [6, 6.07) is 4.24. The molecule has 4 N–H and O–H groups in total. The molecule has 1 atom stereocenters. The summed E-state index contributed by atoms with van der Waals surface area (Å²) in [4.78, 5) is 31.5. The molecular weight excluding hydrogens is 296 g/mol. The summed E-state index contributed by atoms with van der Waals surface area (Å²) in [6.45, 7) is -0.434. The van der Waals surface area contributed by atoms with E-state index in [9.17, 15) is 14.7 Å². The maximum Gasteiger partial charge on any atom is 0.252 e. The lowest BCUT2D eigenvalue weighted by atomic mass is 10.1. The predicted molar refractivity (Wildman–Crippen MR) is 84.8 cm³/mol. The molecule has 0 spiro atoms. The Morgan fingerprint density at radius 3 is 2.87 bits per heavy atom. The van der Waals surface area contributed by atoms with Crippen LogP contribution in [0.5, 0.6) is 0 Å². The lowest BCUT2D eigenvalue weighted by Gasteiger charge is -2.19. The number of rotatable bonds is 5. The van der Waals surface area contributed by atoms with Crippen LogP contribution in [-0.4, -0.2) is 45.6 Å². The van der Waals surface area contributed by atoms with Crippen LogP contribution in [-0.2, 0) is 4.79 Å². The van der Waals surface area contributed by atoms with Crippen molar-refractivity contribution in [2.45, 2.75) is 37.8 Å². The molecule has 0 radical (unpaired) electrons. The van der Waals surface area contributed by atoms with E-state index in [2.05, 4.69) is 20.6 Å². The Bertz CT molecular complexity index is 706. The summed E-state index contributed by atoms with van der Waals surface area (Å²) >= 11 is 0. The van der Waals surface area contributed by atoms with Gasteiger partial charge in [-0.05, 0) is 31.0 Å². The van der Waals surface area contributed by atoms with E-state index in [1.54, 1.807) is 24.5 Å². The molecule has 1 unspecified atom stereocenters. The number of aliphatic hydroxyl groups is 1. The molecule has 0 aliphatic heterocycles. The van der Waals surface area contributed by atoms with Crippen molar-refractivity contribution in [1.29, 1.82) is 0 Å². The first-order valence-corrected chi connectivity index (χ1v) is 7.82. The Labute approximate surface area is 133 Å². The standard InChI is InChI=1S/C16H20N4O3/c21-8-14(16(23)19-11-3-1-2-4-11)20-15(22)10-5-6-12-13(7-10)18-9-17-12/h5-7,9,11,14,21H,1-4,8H2,(H,17,18)(H,19,23)(H,20,22). The number of fused-ring (bicyclic) bond motifs is 1. The minimum Gasteiger partial charge on any atom is -0.394 e. The third-order valence-corrected chi connectivity index (χ3v) is 4.19. The summed E-state index contributed by atoms with van der Waals surface area (Å²) in [7, 11) is 0. The third kappa shape index (κ3) is 3.50. The van der Waals surface area contributed by atoms with Crippen LogP contribution in [0.1, 0.15) is 36.0 Å². The zero-order valence-corrected chi connectivity index (χ0v) is 12.7. The van der Waals surface area contributed by atoms with E-state index < -0.39 is 18.6 Å². The Balaban J connectivity index is 1.64. The number of imidazole rings is 1. The fourth-order valence-electron chi connectivity index (χ4n) is 2.88. The lowest BCUT2D eigenvalue weighted by molar-refractivity contribution is -0.124. The molecule has 0 bridgehead atoms. The highest BCUT2D eigenvalue weighted by Gasteiger charge is 2.24. The zero-order valence-electron chi connectivity index (χ0n) is 12.7. The average Bonchev–Trinajstić information content (AvgIpc) is 3.22. The number of carbonyl (C=O) groups excluding carboxylic acids is 2. The zero-order chi connectivity index (χ0) is 16.2. The van der Waals surface area contributed by atoms with Gasteiger partial charge in [-0.2, -0.15) is 0 Å². The molecule has 1 aromatic heterocycles. The van der Waals surface area contributed by atoms with Crippen molar-refractivity contribution in [1.82, 2.24) is 20.6 Å². The van der Waals surface area contributed by atoms with Gasteiger partial charge >= 0.3 is 0 Å². The fourth-order valence-corrected chi connectivity index (χ4v) is 2.88. The van der Waals surface area contributed by atoms with Crippen LogP contribution in [0.2, 0.25) is 0 Å². The summed E-state index contributed by atoms with van der Waals surface area (Å²) in [5.74, 6) is -0.738. The van der Waals surface area contributed by atoms with Crippen molar-refractivity contribution >= 4 is 22.8 Å². The second kappa shape index (κ2) is 6.78. The van der Waals surface area contributed by atoms with Gasteiger partial charge in [0, 0.05) is 11.6 Å². The Morgan fingerprint density at radius 2 is 2.13 bits per heavy atom. The van der Waals surface area contributed by atoms with Crippen LogP contribution in [0.25, 0.3) is 11.0 Å². The first-order chi connectivity index (χ1) is 11.2. The van der Waals surface area contributed by atoms with Gasteiger partial charge in [-0.15, -0.1) is 0 Å². The average molecular weight is 316 g/mol. The SMILES string of the molecule is O=C(NC(CO)C(=O)NC1CCCC1)c1ccc2nc[nH]c2c1. The number of hydrogen-bond donors (Lipinski definition) is 4. The van der Waals surface area contributed by atoms with E-state index in [1.165, 1.54) is 0 Å². The number of nitrogens with one attached hydrogen (secondary N) is 3. The molecule has 7 heteroatoms. The van der Waals surface area contributed by atoms with Crippen molar-refractivity contribution in [2.24, 2.45) is 0 Å².